The number of likely N-dealkylation sites (N-methyl/N-ethyl adjacent to an activating group) is 2. The maximum absolute atomic E-state index is 9.96. The SMILES string of the molecule is CC1CCCC(C)(C)C1CCC(C)[N+](C)(CCO)CCCCCC[N+](C)(CCO)C(C)CCC1C(C)CCCC1(C)C.[Br-].[Br-]. The normalized spacial score (nSPS) is 28.9. The van der Waals surface area contributed by atoms with E-state index in [0.717, 1.165) is 45.7 Å². The molecule has 0 heterocycles. The van der Waals surface area contributed by atoms with Gasteiger partial charge in [0.05, 0.1) is 52.5 Å². The van der Waals surface area contributed by atoms with Crippen LogP contribution in [0.1, 0.15) is 145 Å². The third-order valence-electron chi connectivity index (χ3n) is 13.6. The second kappa shape index (κ2) is 20.3. The summed E-state index contributed by atoms with van der Waals surface area (Å²) in [5.41, 5.74) is 0.951. The molecular formula is C38H78Br2N2O2. The molecule has 0 bridgehead atoms. The van der Waals surface area contributed by atoms with Crippen LogP contribution in [0.2, 0.25) is 0 Å². The predicted octanol–water partition coefficient (Wildman–Crippen LogP) is 2.69. The molecule has 0 amide bonds. The second-order valence-electron chi connectivity index (χ2n) is 17.5. The van der Waals surface area contributed by atoms with Crippen LogP contribution < -0.4 is 34.0 Å². The quantitative estimate of drug-likeness (QED) is 0.158. The lowest BCUT2D eigenvalue weighted by Gasteiger charge is -2.45. The van der Waals surface area contributed by atoms with E-state index in [1.54, 1.807) is 0 Å². The van der Waals surface area contributed by atoms with Gasteiger partial charge in [0.25, 0.3) is 0 Å². The lowest BCUT2D eigenvalue weighted by atomic mass is 9.62. The van der Waals surface area contributed by atoms with E-state index in [2.05, 4.69) is 69.5 Å². The predicted molar refractivity (Wildman–Crippen MR) is 182 cm³/mol. The van der Waals surface area contributed by atoms with Gasteiger partial charge in [-0.2, -0.15) is 0 Å². The van der Waals surface area contributed by atoms with Gasteiger partial charge < -0.3 is 53.1 Å². The minimum Gasteiger partial charge on any atom is -1.00 e. The van der Waals surface area contributed by atoms with E-state index < -0.39 is 0 Å². The highest BCUT2D eigenvalue weighted by molar-refractivity contribution is 4.88. The van der Waals surface area contributed by atoms with E-state index >= 15 is 0 Å². The Morgan fingerprint density at radius 1 is 0.614 bits per heavy atom. The highest BCUT2D eigenvalue weighted by Crippen LogP contribution is 2.47. The summed E-state index contributed by atoms with van der Waals surface area (Å²) < 4.78 is 2.03. The standard InChI is InChI=1S/C38H78N2O2.2BrH/c1-31-17-15-23-37(5,6)35(31)21-19-33(3)39(9,27-29-41)25-13-11-12-14-26-40(10,28-30-42)34(4)20-22-36-32(2)18-16-24-38(36,7)8;;/h31-36,41-42H,11-30H2,1-10H3;2*1H/q+2;;/p-2. The zero-order chi connectivity index (χ0) is 31.6. The molecule has 44 heavy (non-hydrogen) atoms. The number of aliphatic hydroxyl groups is 2. The molecule has 8 unspecified atom stereocenters. The first-order valence-corrected chi connectivity index (χ1v) is 18.5. The average molecular weight is 755 g/mol. The van der Waals surface area contributed by atoms with Gasteiger partial charge in [0.1, 0.15) is 13.1 Å². The summed E-state index contributed by atoms with van der Waals surface area (Å²) in [5, 5.41) is 19.9. The molecule has 2 N–H and O–H groups in total. The van der Waals surface area contributed by atoms with E-state index in [0.29, 0.717) is 22.9 Å². The lowest BCUT2D eigenvalue weighted by molar-refractivity contribution is -0.933. The molecule has 2 saturated carbocycles. The van der Waals surface area contributed by atoms with Crippen LogP contribution in [0.15, 0.2) is 0 Å². The molecule has 8 atom stereocenters. The van der Waals surface area contributed by atoms with Gasteiger partial charge in [-0.3, -0.25) is 0 Å². The van der Waals surface area contributed by atoms with E-state index in [9.17, 15) is 10.2 Å². The number of quaternary nitrogens is 2. The van der Waals surface area contributed by atoms with Gasteiger partial charge in [-0.15, -0.1) is 0 Å². The van der Waals surface area contributed by atoms with E-state index in [-0.39, 0.29) is 47.2 Å². The molecule has 0 aromatic rings. The highest BCUT2D eigenvalue weighted by Gasteiger charge is 2.39. The first-order chi connectivity index (χ1) is 19.6. The van der Waals surface area contributed by atoms with E-state index in [1.165, 1.54) is 103 Å². The van der Waals surface area contributed by atoms with E-state index in [4.69, 9.17) is 0 Å². The van der Waals surface area contributed by atoms with E-state index in [1.807, 2.05) is 0 Å². The average Bonchev–Trinajstić information content (AvgIpc) is 2.89. The van der Waals surface area contributed by atoms with Crippen LogP contribution >= 0.6 is 0 Å². The molecule has 2 aliphatic carbocycles. The van der Waals surface area contributed by atoms with Crippen LogP contribution in [0, 0.1) is 34.5 Å². The van der Waals surface area contributed by atoms with Crippen molar-refractivity contribution in [3.05, 3.63) is 0 Å². The third-order valence-corrected chi connectivity index (χ3v) is 13.6. The monoisotopic (exact) mass is 752 g/mol. The molecule has 0 aromatic heterocycles. The molecule has 0 radical (unpaired) electrons. The van der Waals surface area contributed by atoms with Crippen LogP contribution in [0.25, 0.3) is 0 Å². The smallest absolute Gasteiger partial charge is 0.102 e. The van der Waals surface area contributed by atoms with Gasteiger partial charge in [0, 0.05) is 0 Å². The second-order valence-corrected chi connectivity index (χ2v) is 17.5. The Bertz CT molecular complexity index is 703. The zero-order valence-corrected chi connectivity index (χ0v) is 34.3. The number of nitrogens with zero attached hydrogens (tertiary/aromatic N) is 2. The number of unbranched alkanes of at least 4 members (excludes halogenated alkanes) is 3. The van der Waals surface area contributed by atoms with Crippen LogP contribution in [0.3, 0.4) is 0 Å². The van der Waals surface area contributed by atoms with Crippen molar-refractivity contribution in [1.82, 2.24) is 0 Å². The van der Waals surface area contributed by atoms with Crippen LogP contribution in [-0.2, 0) is 0 Å². The van der Waals surface area contributed by atoms with Crippen LogP contribution in [-0.4, -0.2) is 84.8 Å². The van der Waals surface area contributed by atoms with Crippen molar-refractivity contribution in [2.24, 2.45) is 34.5 Å². The molecule has 0 spiro atoms. The van der Waals surface area contributed by atoms with Gasteiger partial charge >= 0.3 is 0 Å². The Labute approximate surface area is 297 Å². The fourth-order valence-electron chi connectivity index (χ4n) is 9.75. The number of hydrogen-bond acceptors (Lipinski definition) is 2. The molecule has 0 aliphatic heterocycles. The number of aliphatic hydroxyl groups excluding tert-OH is 2. The molecule has 266 valence electrons. The van der Waals surface area contributed by atoms with Crippen LogP contribution in [0.5, 0.6) is 0 Å². The Kier molecular flexibility index (Phi) is 20.7. The largest absolute Gasteiger partial charge is 1.00 e. The zero-order valence-electron chi connectivity index (χ0n) is 31.2. The van der Waals surface area contributed by atoms with Crippen LogP contribution in [0.4, 0.5) is 0 Å². The molecule has 2 fully saturated rings. The summed E-state index contributed by atoms with van der Waals surface area (Å²) in [6.07, 6.45) is 18.6. The van der Waals surface area contributed by atoms with Gasteiger partial charge in [0.15, 0.2) is 0 Å². The Morgan fingerprint density at radius 3 is 1.25 bits per heavy atom. The van der Waals surface area contributed by atoms with Crippen molar-refractivity contribution in [2.45, 2.75) is 157 Å². The van der Waals surface area contributed by atoms with Gasteiger partial charge in [-0.1, -0.05) is 67.2 Å². The third kappa shape index (κ3) is 13.0. The van der Waals surface area contributed by atoms with Gasteiger partial charge in [0.2, 0.25) is 0 Å². The molecular weight excluding hydrogens is 676 g/mol. The van der Waals surface area contributed by atoms with Crippen molar-refractivity contribution < 1.29 is 53.1 Å². The minimum atomic E-state index is 0. The maximum atomic E-state index is 9.96. The summed E-state index contributed by atoms with van der Waals surface area (Å²) in [7, 11) is 4.81. The van der Waals surface area contributed by atoms with Gasteiger partial charge in [-0.25, -0.2) is 0 Å². The topological polar surface area (TPSA) is 40.5 Å². The first-order valence-electron chi connectivity index (χ1n) is 18.5. The fraction of sp³-hybridized carbons (Fsp3) is 1.00. The number of hydrogen-bond donors (Lipinski definition) is 2. The van der Waals surface area contributed by atoms with Crippen molar-refractivity contribution in [2.75, 3.05) is 53.5 Å². The van der Waals surface area contributed by atoms with Crippen molar-refractivity contribution >= 4 is 0 Å². The highest BCUT2D eigenvalue weighted by atomic mass is 79.9. The Morgan fingerprint density at radius 2 is 0.955 bits per heavy atom. The van der Waals surface area contributed by atoms with Crippen molar-refractivity contribution in [1.29, 1.82) is 0 Å². The summed E-state index contributed by atoms with van der Waals surface area (Å²) in [5.74, 6) is 3.36. The lowest BCUT2D eigenvalue weighted by Crippen LogP contribution is -3.00. The summed E-state index contributed by atoms with van der Waals surface area (Å²) >= 11 is 0. The molecule has 2 aliphatic rings. The Balaban J connectivity index is 0.00000924. The summed E-state index contributed by atoms with van der Waals surface area (Å²) in [6, 6.07) is 1.20. The summed E-state index contributed by atoms with van der Waals surface area (Å²) in [6.45, 7) is 24.6. The molecule has 6 heteroatoms. The maximum Gasteiger partial charge on any atom is 0.102 e. The first kappa shape index (κ1) is 44.8. The van der Waals surface area contributed by atoms with Crippen molar-refractivity contribution in [3.8, 4) is 0 Å². The minimum absolute atomic E-state index is 0. The summed E-state index contributed by atoms with van der Waals surface area (Å²) in [4.78, 5) is 0. The number of halogens is 2. The Hall–Kier alpha value is 0.800. The van der Waals surface area contributed by atoms with Crippen molar-refractivity contribution in [3.63, 3.8) is 0 Å². The molecule has 0 saturated heterocycles. The molecule has 0 aromatic carbocycles. The molecule has 4 nitrogen and oxygen atoms in total. The number of rotatable bonds is 19. The van der Waals surface area contributed by atoms with Gasteiger partial charge in [-0.05, 0) is 113 Å². The molecule has 2 rings (SSSR count). The fourth-order valence-corrected chi connectivity index (χ4v) is 9.75.